The number of hydrogen-bond donors (Lipinski definition) is 2. The summed E-state index contributed by atoms with van der Waals surface area (Å²) in [5.74, 6) is -1.43. The maximum atomic E-state index is 12.6. The first-order valence-electron chi connectivity index (χ1n) is 8.44. The number of carbonyl (C=O) groups excluding carboxylic acids is 1. The summed E-state index contributed by atoms with van der Waals surface area (Å²) in [7, 11) is 0. The lowest BCUT2D eigenvalue weighted by atomic mass is 9.88. The van der Waals surface area contributed by atoms with Crippen LogP contribution in [0, 0.1) is 6.57 Å². The molecule has 2 aromatic carbocycles. The SMILES string of the molecule is [C-]#[N+]c1ccc2c(c1)CCc1sc(NC(=O)c3ccc(Br)cc3)c(C(=O)O)c1-2. The number of hydrogen-bond acceptors (Lipinski definition) is 3. The topological polar surface area (TPSA) is 70.8 Å². The average molecular weight is 453 g/mol. The molecule has 1 aromatic heterocycles. The normalized spacial score (nSPS) is 11.9. The van der Waals surface area contributed by atoms with E-state index >= 15 is 0 Å². The van der Waals surface area contributed by atoms with E-state index in [2.05, 4.69) is 26.1 Å². The number of rotatable bonds is 3. The molecule has 0 atom stereocenters. The number of anilines is 1. The Hall–Kier alpha value is -2.95. The summed E-state index contributed by atoms with van der Waals surface area (Å²) in [5.41, 5.74) is 3.55. The third-order valence-corrected chi connectivity index (χ3v) is 6.33. The molecule has 0 aliphatic heterocycles. The van der Waals surface area contributed by atoms with Crippen LogP contribution in [0.15, 0.2) is 46.9 Å². The second-order valence-electron chi connectivity index (χ2n) is 6.32. The molecule has 1 aliphatic rings. The van der Waals surface area contributed by atoms with Gasteiger partial charge in [0.15, 0.2) is 5.69 Å². The molecule has 0 bridgehead atoms. The molecule has 0 saturated heterocycles. The number of aryl methyl sites for hydroxylation is 2. The number of halogens is 1. The summed E-state index contributed by atoms with van der Waals surface area (Å²) in [4.78, 5) is 29.0. The molecule has 7 heteroatoms. The summed E-state index contributed by atoms with van der Waals surface area (Å²) in [6.07, 6.45) is 1.42. The van der Waals surface area contributed by atoms with Crippen LogP contribution in [-0.4, -0.2) is 17.0 Å². The number of fused-ring (bicyclic) bond motifs is 3. The first-order valence-corrected chi connectivity index (χ1v) is 10.1. The molecule has 5 nitrogen and oxygen atoms in total. The van der Waals surface area contributed by atoms with Gasteiger partial charge in [-0.25, -0.2) is 9.64 Å². The van der Waals surface area contributed by atoms with Crippen LogP contribution in [0.1, 0.15) is 31.2 Å². The summed E-state index contributed by atoms with van der Waals surface area (Å²) in [6, 6.07) is 12.2. The molecule has 138 valence electrons. The third kappa shape index (κ3) is 3.21. The Morgan fingerprint density at radius 3 is 2.57 bits per heavy atom. The number of nitrogens with one attached hydrogen (secondary N) is 1. The Morgan fingerprint density at radius 1 is 1.14 bits per heavy atom. The third-order valence-electron chi connectivity index (χ3n) is 4.64. The van der Waals surface area contributed by atoms with E-state index < -0.39 is 5.97 Å². The quantitative estimate of drug-likeness (QED) is 0.494. The van der Waals surface area contributed by atoms with Crippen LogP contribution >= 0.6 is 27.3 Å². The lowest BCUT2D eigenvalue weighted by Gasteiger charge is -2.17. The molecule has 2 N–H and O–H groups in total. The van der Waals surface area contributed by atoms with Crippen LogP contribution in [0.25, 0.3) is 16.0 Å². The van der Waals surface area contributed by atoms with Gasteiger partial charge in [0.25, 0.3) is 5.91 Å². The van der Waals surface area contributed by atoms with Crippen LogP contribution < -0.4 is 5.32 Å². The lowest BCUT2D eigenvalue weighted by Crippen LogP contribution is -2.13. The van der Waals surface area contributed by atoms with E-state index in [4.69, 9.17) is 6.57 Å². The highest BCUT2D eigenvalue weighted by Gasteiger charge is 2.29. The number of aromatic carboxylic acids is 1. The minimum absolute atomic E-state index is 0.113. The van der Waals surface area contributed by atoms with Crippen LogP contribution in [0.2, 0.25) is 0 Å². The zero-order chi connectivity index (χ0) is 19.8. The maximum absolute atomic E-state index is 12.6. The highest BCUT2D eigenvalue weighted by Crippen LogP contribution is 2.46. The molecule has 3 aromatic rings. The van der Waals surface area contributed by atoms with E-state index in [1.54, 1.807) is 36.4 Å². The summed E-state index contributed by atoms with van der Waals surface area (Å²) in [5, 5.41) is 13.0. The van der Waals surface area contributed by atoms with Crippen molar-refractivity contribution in [3.8, 4) is 11.1 Å². The number of benzene rings is 2. The van der Waals surface area contributed by atoms with Gasteiger partial charge in [-0.2, -0.15) is 0 Å². The van der Waals surface area contributed by atoms with Crippen LogP contribution in [0.3, 0.4) is 0 Å². The molecule has 0 spiro atoms. The van der Waals surface area contributed by atoms with Gasteiger partial charge in [-0.15, -0.1) is 11.3 Å². The molecule has 28 heavy (non-hydrogen) atoms. The van der Waals surface area contributed by atoms with E-state index in [1.807, 2.05) is 6.07 Å². The maximum Gasteiger partial charge on any atom is 0.339 e. The van der Waals surface area contributed by atoms with Gasteiger partial charge in [-0.3, -0.25) is 4.79 Å². The number of carboxylic acids is 1. The number of carboxylic acid groups (broad SMARTS) is 1. The van der Waals surface area contributed by atoms with Crippen molar-refractivity contribution >= 4 is 49.8 Å². The van der Waals surface area contributed by atoms with Crippen molar-refractivity contribution in [2.45, 2.75) is 12.8 Å². The van der Waals surface area contributed by atoms with Gasteiger partial charge >= 0.3 is 5.97 Å². The largest absolute Gasteiger partial charge is 0.478 e. The number of nitrogens with zero attached hydrogens (tertiary/aromatic N) is 1. The summed E-state index contributed by atoms with van der Waals surface area (Å²) < 4.78 is 0.859. The second kappa shape index (κ2) is 7.23. The zero-order valence-electron chi connectivity index (χ0n) is 14.5. The van der Waals surface area contributed by atoms with Crippen molar-refractivity contribution in [2.75, 3.05) is 5.32 Å². The molecule has 0 fully saturated rings. The predicted octanol–water partition coefficient (Wildman–Crippen LogP) is 5.78. The van der Waals surface area contributed by atoms with Gasteiger partial charge in [0, 0.05) is 20.5 Å². The van der Waals surface area contributed by atoms with Crippen molar-refractivity contribution in [3.05, 3.63) is 79.9 Å². The molecule has 1 aliphatic carbocycles. The fraction of sp³-hybridized carbons (Fsp3) is 0.0952. The molecule has 1 heterocycles. The van der Waals surface area contributed by atoms with Crippen LogP contribution in [-0.2, 0) is 12.8 Å². The first-order chi connectivity index (χ1) is 13.5. The first kappa shape index (κ1) is 18.4. The summed E-state index contributed by atoms with van der Waals surface area (Å²) >= 11 is 4.64. The highest BCUT2D eigenvalue weighted by molar-refractivity contribution is 9.10. The van der Waals surface area contributed by atoms with Crippen LogP contribution in [0.4, 0.5) is 10.7 Å². The van der Waals surface area contributed by atoms with Gasteiger partial charge in [0.1, 0.15) is 10.6 Å². The Balaban J connectivity index is 1.77. The Morgan fingerprint density at radius 2 is 1.89 bits per heavy atom. The van der Waals surface area contributed by atoms with Gasteiger partial charge in [0.2, 0.25) is 0 Å². The lowest BCUT2D eigenvalue weighted by molar-refractivity contribution is 0.0699. The fourth-order valence-corrected chi connectivity index (χ4v) is 4.82. The van der Waals surface area contributed by atoms with Crippen molar-refractivity contribution < 1.29 is 14.7 Å². The van der Waals surface area contributed by atoms with Crippen LogP contribution in [0.5, 0.6) is 0 Å². The van der Waals surface area contributed by atoms with Gasteiger partial charge in [-0.1, -0.05) is 39.7 Å². The standard InChI is InChI=1S/C21H13BrN2O3S/c1-23-14-7-8-15-12(10-14)4-9-16-17(15)18(21(26)27)20(28-16)24-19(25)11-2-5-13(22)6-3-11/h2-3,5-8,10H,4,9H2,(H,24,25)(H,26,27). The minimum atomic E-state index is -1.08. The number of thiophene rings is 1. The van der Waals surface area contributed by atoms with Crippen molar-refractivity contribution in [1.29, 1.82) is 0 Å². The Kier molecular flexibility index (Phi) is 4.75. The van der Waals surface area contributed by atoms with Gasteiger partial charge in [0.05, 0.1) is 6.57 Å². The molecule has 0 unspecified atom stereocenters. The van der Waals surface area contributed by atoms with E-state index in [9.17, 15) is 14.7 Å². The van der Waals surface area contributed by atoms with E-state index in [0.717, 1.165) is 26.9 Å². The fourth-order valence-electron chi connectivity index (χ4n) is 3.36. The Bertz CT molecular complexity index is 1160. The van der Waals surface area contributed by atoms with Gasteiger partial charge in [-0.05, 0) is 42.7 Å². The molecule has 0 saturated carbocycles. The monoisotopic (exact) mass is 452 g/mol. The van der Waals surface area contributed by atoms with E-state index in [1.165, 1.54) is 11.3 Å². The smallest absolute Gasteiger partial charge is 0.339 e. The van der Waals surface area contributed by atoms with E-state index in [-0.39, 0.29) is 11.5 Å². The molecular formula is C21H13BrN2O3S. The van der Waals surface area contributed by atoms with Gasteiger partial charge < -0.3 is 10.4 Å². The number of amides is 1. The minimum Gasteiger partial charge on any atom is -0.478 e. The molecule has 4 rings (SSSR count). The van der Waals surface area contributed by atoms with Crippen molar-refractivity contribution in [3.63, 3.8) is 0 Å². The average Bonchev–Trinajstić information content (AvgIpc) is 3.06. The van der Waals surface area contributed by atoms with E-state index in [0.29, 0.717) is 28.2 Å². The predicted molar refractivity (Wildman–Crippen MR) is 112 cm³/mol. The zero-order valence-corrected chi connectivity index (χ0v) is 16.9. The van der Waals surface area contributed by atoms with Crippen molar-refractivity contribution in [2.24, 2.45) is 0 Å². The molecule has 1 amide bonds. The summed E-state index contributed by atoms with van der Waals surface area (Å²) in [6.45, 7) is 7.18. The van der Waals surface area contributed by atoms with Crippen molar-refractivity contribution in [1.82, 2.24) is 0 Å². The molecular weight excluding hydrogens is 440 g/mol. The number of carbonyl (C=O) groups is 2. The highest BCUT2D eigenvalue weighted by atomic mass is 79.9. The second-order valence-corrected chi connectivity index (χ2v) is 8.34. The molecule has 0 radical (unpaired) electrons. The Labute approximate surface area is 173 Å².